The number of nitrogens with zero attached hydrogens (tertiary/aromatic N) is 1. The van der Waals surface area contributed by atoms with Crippen LogP contribution in [0.1, 0.15) is 51.5 Å². The van der Waals surface area contributed by atoms with E-state index in [1.807, 2.05) is 6.92 Å². The van der Waals surface area contributed by atoms with Gasteiger partial charge in [-0.15, -0.1) is 0 Å². The summed E-state index contributed by atoms with van der Waals surface area (Å²) in [4.78, 5) is 0. The molecule has 0 aromatic heterocycles. The van der Waals surface area contributed by atoms with Crippen molar-refractivity contribution < 1.29 is 13.9 Å². The number of hydrogen-bond acceptors (Lipinski definition) is 3. The maximum Gasteiger partial charge on any atom is 0.154 e. The van der Waals surface area contributed by atoms with Crippen LogP contribution in [-0.2, 0) is 16.1 Å². The fraction of sp³-hybridized carbons (Fsp3) is 0.611. The Balaban J connectivity index is 1.99. The molecule has 0 spiro atoms. The van der Waals surface area contributed by atoms with Crippen molar-refractivity contribution in [1.82, 2.24) is 0 Å². The van der Waals surface area contributed by atoms with E-state index >= 15 is 0 Å². The highest BCUT2D eigenvalue weighted by molar-refractivity contribution is 5.16. The quantitative estimate of drug-likeness (QED) is 0.784. The minimum absolute atomic E-state index is 0.226. The summed E-state index contributed by atoms with van der Waals surface area (Å²) >= 11 is 0. The monoisotopic (exact) mass is 305 g/mol. The second-order valence-electron chi connectivity index (χ2n) is 6.04. The van der Waals surface area contributed by atoms with Crippen molar-refractivity contribution in [2.24, 2.45) is 0 Å². The lowest BCUT2D eigenvalue weighted by Crippen LogP contribution is -2.50. The lowest BCUT2D eigenvalue weighted by molar-refractivity contribution is -0.193. The molecule has 3 nitrogen and oxygen atoms in total. The predicted octanol–water partition coefficient (Wildman–Crippen LogP) is 4.36. The third kappa shape index (κ3) is 3.66. The van der Waals surface area contributed by atoms with E-state index in [9.17, 15) is 9.65 Å². The molecule has 1 aliphatic heterocycles. The zero-order chi connectivity index (χ0) is 16.1. The van der Waals surface area contributed by atoms with Gasteiger partial charge >= 0.3 is 0 Å². The summed E-state index contributed by atoms with van der Waals surface area (Å²) in [6.07, 6.45) is 4.07. The summed E-state index contributed by atoms with van der Waals surface area (Å²) < 4.78 is 25.6. The highest BCUT2D eigenvalue weighted by Crippen LogP contribution is 2.39. The Morgan fingerprint density at radius 1 is 1.27 bits per heavy atom. The Morgan fingerprint density at radius 2 is 2.05 bits per heavy atom. The van der Waals surface area contributed by atoms with E-state index in [1.165, 1.54) is 6.07 Å². The first-order valence-corrected chi connectivity index (χ1v) is 8.01. The van der Waals surface area contributed by atoms with Gasteiger partial charge in [0.25, 0.3) is 0 Å². The maximum atomic E-state index is 13.6. The van der Waals surface area contributed by atoms with Crippen molar-refractivity contribution in [3.05, 3.63) is 35.6 Å². The van der Waals surface area contributed by atoms with Gasteiger partial charge < -0.3 is 9.47 Å². The molecule has 1 aromatic carbocycles. The molecule has 22 heavy (non-hydrogen) atoms. The third-order valence-electron chi connectivity index (χ3n) is 4.62. The van der Waals surface area contributed by atoms with Gasteiger partial charge in [0.05, 0.1) is 24.9 Å². The SMILES string of the molecule is CCC1(C#N)CCCC(CC)(COCc2ccccc2F)O1. The maximum absolute atomic E-state index is 13.6. The second kappa shape index (κ2) is 7.21. The van der Waals surface area contributed by atoms with E-state index in [0.717, 1.165) is 25.7 Å². The van der Waals surface area contributed by atoms with E-state index in [4.69, 9.17) is 9.47 Å². The van der Waals surface area contributed by atoms with E-state index in [2.05, 4.69) is 13.0 Å². The molecular weight excluding hydrogens is 281 g/mol. The molecule has 1 saturated heterocycles. The summed E-state index contributed by atoms with van der Waals surface area (Å²) in [5.74, 6) is -0.252. The van der Waals surface area contributed by atoms with Crippen molar-refractivity contribution in [3.8, 4) is 6.07 Å². The molecular formula is C18H24FNO2. The molecule has 1 aliphatic rings. The lowest BCUT2D eigenvalue weighted by Gasteiger charge is -2.44. The van der Waals surface area contributed by atoms with Crippen molar-refractivity contribution >= 4 is 0 Å². The first-order valence-electron chi connectivity index (χ1n) is 8.01. The Labute approximate surface area is 132 Å². The van der Waals surface area contributed by atoms with Gasteiger partial charge in [0, 0.05) is 5.56 Å². The van der Waals surface area contributed by atoms with E-state index in [-0.39, 0.29) is 12.4 Å². The number of nitriles is 1. The van der Waals surface area contributed by atoms with Gasteiger partial charge in [-0.05, 0) is 38.2 Å². The van der Waals surface area contributed by atoms with Crippen molar-refractivity contribution in [3.63, 3.8) is 0 Å². The predicted molar refractivity (Wildman–Crippen MR) is 82.6 cm³/mol. The first-order chi connectivity index (χ1) is 10.6. The normalized spacial score (nSPS) is 28.3. The number of ether oxygens (including phenoxy) is 2. The Kier molecular flexibility index (Phi) is 5.55. The molecule has 1 heterocycles. The topological polar surface area (TPSA) is 42.2 Å². The molecule has 1 aromatic rings. The fourth-order valence-electron chi connectivity index (χ4n) is 3.03. The highest BCUT2D eigenvalue weighted by atomic mass is 19.1. The van der Waals surface area contributed by atoms with Gasteiger partial charge in [0.15, 0.2) is 5.60 Å². The van der Waals surface area contributed by atoms with Gasteiger partial charge in [-0.3, -0.25) is 0 Å². The van der Waals surface area contributed by atoms with Gasteiger partial charge in [0.1, 0.15) is 5.82 Å². The Hall–Kier alpha value is -1.44. The average molecular weight is 305 g/mol. The fourth-order valence-corrected chi connectivity index (χ4v) is 3.03. The molecule has 0 N–H and O–H groups in total. The molecule has 2 unspecified atom stereocenters. The standard InChI is InChI=1S/C18H24FNO2/c1-3-17(13-20)10-7-11-18(4-2,22-17)14-21-12-15-8-5-6-9-16(15)19/h5-6,8-9H,3-4,7,10-12,14H2,1-2H3. The van der Waals surface area contributed by atoms with Crippen molar-refractivity contribution in [1.29, 1.82) is 5.26 Å². The van der Waals surface area contributed by atoms with Crippen LogP contribution in [0.4, 0.5) is 4.39 Å². The van der Waals surface area contributed by atoms with E-state index < -0.39 is 11.2 Å². The Morgan fingerprint density at radius 3 is 2.68 bits per heavy atom. The molecule has 2 atom stereocenters. The average Bonchev–Trinajstić information content (AvgIpc) is 2.57. The summed E-state index contributed by atoms with van der Waals surface area (Å²) in [6, 6.07) is 8.96. The Bertz CT molecular complexity index is 542. The summed E-state index contributed by atoms with van der Waals surface area (Å²) in [5.41, 5.74) is -0.586. The second-order valence-corrected chi connectivity index (χ2v) is 6.04. The van der Waals surface area contributed by atoms with Crippen LogP contribution in [0.3, 0.4) is 0 Å². The molecule has 1 fully saturated rings. The molecule has 0 bridgehead atoms. The van der Waals surface area contributed by atoms with Crippen LogP contribution >= 0.6 is 0 Å². The van der Waals surface area contributed by atoms with Crippen LogP contribution < -0.4 is 0 Å². The molecule has 0 aliphatic carbocycles. The molecule has 0 saturated carbocycles. The first kappa shape index (κ1) is 16.9. The smallest absolute Gasteiger partial charge is 0.154 e. The molecule has 0 radical (unpaired) electrons. The lowest BCUT2D eigenvalue weighted by atomic mass is 9.83. The molecule has 4 heteroatoms. The van der Waals surface area contributed by atoms with Crippen molar-refractivity contribution in [2.45, 2.75) is 63.8 Å². The minimum atomic E-state index is -0.699. The summed E-state index contributed by atoms with van der Waals surface area (Å²) in [6.45, 7) is 4.65. The molecule has 2 rings (SSSR count). The molecule has 120 valence electrons. The van der Waals surface area contributed by atoms with Crippen LogP contribution in [-0.4, -0.2) is 17.8 Å². The van der Waals surface area contributed by atoms with Crippen LogP contribution in [0.25, 0.3) is 0 Å². The van der Waals surface area contributed by atoms with Gasteiger partial charge in [-0.25, -0.2) is 4.39 Å². The zero-order valence-electron chi connectivity index (χ0n) is 13.4. The minimum Gasteiger partial charge on any atom is -0.374 e. The number of hydrogen-bond donors (Lipinski definition) is 0. The third-order valence-corrected chi connectivity index (χ3v) is 4.62. The van der Waals surface area contributed by atoms with Crippen LogP contribution in [0.2, 0.25) is 0 Å². The van der Waals surface area contributed by atoms with Gasteiger partial charge in [-0.1, -0.05) is 32.0 Å². The van der Waals surface area contributed by atoms with Gasteiger partial charge in [-0.2, -0.15) is 5.26 Å². The van der Waals surface area contributed by atoms with E-state index in [1.54, 1.807) is 18.2 Å². The number of rotatable bonds is 6. The van der Waals surface area contributed by atoms with Crippen LogP contribution in [0.5, 0.6) is 0 Å². The van der Waals surface area contributed by atoms with Crippen LogP contribution in [0, 0.1) is 17.1 Å². The summed E-state index contributed by atoms with van der Waals surface area (Å²) in [5, 5.41) is 9.44. The number of benzene rings is 1. The highest BCUT2D eigenvalue weighted by Gasteiger charge is 2.44. The van der Waals surface area contributed by atoms with Crippen molar-refractivity contribution in [2.75, 3.05) is 6.61 Å². The summed E-state index contributed by atoms with van der Waals surface area (Å²) in [7, 11) is 0. The van der Waals surface area contributed by atoms with Crippen LogP contribution in [0.15, 0.2) is 24.3 Å². The zero-order valence-corrected chi connectivity index (χ0v) is 13.4. The molecule has 0 amide bonds. The van der Waals surface area contributed by atoms with E-state index in [0.29, 0.717) is 18.6 Å². The van der Waals surface area contributed by atoms with Gasteiger partial charge in [0.2, 0.25) is 0 Å². The number of halogens is 1. The largest absolute Gasteiger partial charge is 0.374 e.